The maximum Gasteiger partial charge on any atom is 0.164 e. The van der Waals surface area contributed by atoms with Gasteiger partial charge in [-0.1, -0.05) is 461 Å². The topological polar surface area (TPSA) is 116 Å². The number of hydrogen-bond donors (Lipinski definition) is 0. The maximum absolute atomic E-state index is 5.04. The third kappa shape index (κ3) is 15.9. The molecule has 0 amide bonds. The third-order valence-corrected chi connectivity index (χ3v) is 27.7. The van der Waals surface area contributed by atoms with Gasteiger partial charge in [-0.25, -0.2) is 44.9 Å². The third-order valence-electron chi connectivity index (χ3n) is 27.7. The fourth-order valence-electron chi connectivity index (χ4n) is 20.4. The number of hydrogen-bond acceptors (Lipinski definition) is 9. The van der Waals surface area contributed by atoms with Crippen molar-refractivity contribution in [2.75, 3.05) is 0 Å². The molecule has 0 saturated carbocycles. The van der Waals surface area contributed by atoms with E-state index in [2.05, 4.69) is 413 Å². The van der Waals surface area contributed by atoms with E-state index in [0.29, 0.717) is 52.4 Å². The molecule has 0 N–H and O–H groups in total. The van der Waals surface area contributed by atoms with E-state index in [0.717, 1.165) is 88.1 Å². The fraction of sp³-hybridized carbons (Fsp3) is 0. The molecule has 9 nitrogen and oxygen atoms in total. The zero-order valence-electron chi connectivity index (χ0n) is 76.9. The van der Waals surface area contributed by atoms with Crippen molar-refractivity contribution in [3.63, 3.8) is 0 Å². The lowest BCUT2D eigenvalue weighted by Crippen LogP contribution is -2.00. The Hall–Kier alpha value is -19.1. The minimum Gasteiger partial charge on any atom is -0.208 e. The average molecular weight is 1810 g/mol. The Morgan fingerprint density at radius 3 is 0.606 bits per heavy atom. The first-order valence-corrected chi connectivity index (χ1v) is 48.0. The van der Waals surface area contributed by atoms with Crippen LogP contribution in [0.25, 0.3) is 276 Å². The molecule has 28 rings (SSSR count). The van der Waals surface area contributed by atoms with Crippen LogP contribution in [-0.4, -0.2) is 44.9 Å². The highest BCUT2D eigenvalue weighted by Gasteiger charge is 2.22. The maximum atomic E-state index is 5.04. The van der Waals surface area contributed by atoms with Crippen LogP contribution in [0.2, 0.25) is 0 Å². The second-order valence-electron chi connectivity index (χ2n) is 36.2. The van der Waals surface area contributed by atoms with E-state index in [4.69, 9.17) is 44.9 Å². The van der Waals surface area contributed by atoms with Gasteiger partial charge < -0.3 is 0 Å². The van der Waals surface area contributed by atoms with Gasteiger partial charge in [-0.2, -0.15) is 0 Å². The molecule has 0 unspecified atom stereocenters. The summed E-state index contributed by atoms with van der Waals surface area (Å²) in [5, 5.41) is 32.2. The molecular weight excluding hydrogens is 1720 g/mol. The molecule has 0 aliphatic heterocycles. The first-order chi connectivity index (χ1) is 70.3. The minimum atomic E-state index is 0.648. The molecule has 3 aromatic heterocycles. The van der Waals surface area contributed by atoms with Crippen LogP contribution in [0.1, 0.15) is 0 Å². The second kappa shape index (κ2) is 35.9. The lowest BCUT2D eigenvalue weighted by molar-refractivity contribution is 1.07. The van der Waals surface area contributed by atoms with Gasteiger partial charge in [-0.15, -0.1) is 0 Å². The van der Waals surface area contributed by atoms with Gasteiger partial charge in [0, 0.05) is 50.1 Å². The Morgan fingerprint density at radius 1 is 0.0845 bits per heavy atom. The Morgan fingerprint density at radius 2 is 0.275 bits per heavy atom. The lowest BCUT2D eigenvalue weighted by Gasteiger charge is -2.14. The Kier molecular flexibility index (Phi) is 21.1. The molecule has 0 aliphatic carbocycles. The van der Waals surface area contributed by atoms with Crippen LogP contribution in [0.15, 0.2) is 504 Å². The molecule has 0 atom stereocenters. The quantitative estimate of drug-likeness (QED) is 0.110. The minimum absolute atomic E-state index is 0.648. The normalized spacial score (nSPS) is 11.5. The molecule has 660 valence electrons. The van der Waals surface area contributed by atoms with Crippen LogP contribution in [0.4, 0.5) is 0 Å². The van der Waals surface area contributed by atoms with E-state index in [1.807, 2.05) is 91.0 Å². The van der Waals surface area contributed by atoms with Crippen LogP contribution in [0.5, 0.6) is 0 Å². The van der Waals surface area contributed by atoms with Gasteiger partial charge in [-0.3, -0.25) is 0 Å². The summed E-state index contributed by atoms with van der Waals surface area (Å²) < 4.78 is 0. The molecule has 0 bridgehead atoms. The Labute approximate surface area is 818 Å². The van der Waals surface area contributed by atoms with Crippen molar-refractivity contribution < 1.29 is 0 Å². The van der Waals surface area contributed by atoms with E-state index >= 15 is 0 Å². The highest BCUT2D eigenvalue weighted by molar-refractivity contribution is 6.21. The van der Waals surface area contributed by atoms with E-state index in [1.54, 1.807) is 0 Å². The number of rotatable bonds is 12. The summed E-state index contributed by atoms with van der Waals surface area (Å²) >= 11 is 0. The molecule has 3 heterocycles. The highest BCUT2D eigenvalue weighted by Crippen LogP contribution is 2.43. The summed E-state index contributed by atoms with van der Waals surface area (Å²) in [6, 6.07) is 178. The van der Waals surface area contributed by atoms with E-state index in [-0.39, 0.29) is 0 Å². The Balaban J connectivity index is 0.000000109. The zero-order valence-corrected chi connectivity index (χ0v) is 76.9. The molecule has 0 fully saturated rings. The molecule has 142 heavy (non-hydrogen) atoms. The van der Waals surface area contributed by atoms with Crippen LogP contribution < -0.4 is 0 Å². The number of nitrogens with zero attached hydrogens (tertiary/aromatic N) is 9. The van der Waals surface area contributed by atoms with Crippen molar-refractivity contribution in [2.45, 2.75) is 0 Å². The predicted molar refractivity (Wildman–Crippen MR) is 592 cm³/mol. The first-order valence-electron chi connectivity index (χ1n) is 48.0. The second-order valence-corrected chi connectivity index (χ2v) is 36.2. The van der Waals surface area contributed by atoms with Crippen LogP contribution in [0.3, 0.4) is 0 Å². The van der Waals surface area contributed by atoms with Crippen molar-refractivity contribution in [1.29, 1.82) is 0 Å². The van der Waals surface area contributed by atoms with Gasteiger partial charge in [0.05, 0.1) is 0 Å². The SMILES string of the molecule is c1ccc(-c2nc(-c3ccc(-c4ccc5c(ccc6c7ccccc7ccc56)c4)cc3)nc(-c3ccc4ccccc4c3)n2)cc1.c1ccc(-c2nc(-c3ccccc3)nc(-c3ccc(-c4ccc5c(ccc6c7ccccc7ccc56)c4)c4ccccc34)n2)cc1.c1ccc2cc(-c3nc(-c4ccc(-c5ccc6c(ccc7c8ccccc8ccc67)c5)cc4)nc(-c4ccc5ccccc5c4)n3)ccc2c1. The van der Waals surface area contributed by atoms with Gasteiger partial charge in [0.25, 0.3) is 0 Å². The van der Waals surface area contributed by atoms with Crippen LogP contribution >= 0.6 is 0 Å². The summed E-state index contributed by atoms with van der Waals surface area (Å²) in [7, 11) is 0. The van der Waals surface area contributed by atoms with Gasteiger partial charge >= 0.3 is 0 Å². The number of aromatic nitrogens is 9. The van der Waals surface area contributed by atoms with Gasteiger partial charge in [0.15, 0.2) is 52.4 Å². The zero-order chi connectivity index (χ0) is 93.9. The molecular formula is C133H83N9. The van der Waals surface area contributed by atoms with Crippen molar-refractivity contribution in [2.24, 2.45) is 0 Å². The van der Waals surface area contributed by atoms with Crippen molar-refractivity contribution >= 4 is 140 Å². The van der Waals surface area contributed by atoms with Crippen LogP contribution in [-0.2, 0) is 0 Å². The summed E-state index contributed by atoms with van der Waals surface area (Å²) in [5.41, 5.74) is 15.6. The average Bonchev–Trinajstić information content (AvgIpc) is 0.749. The monoisotopic (exact) mass is 1810 g/mol. The number of benzene rings is 25. The summed E-state index contributed by atoms with van der Waals surface area (Å²) in [6.45, 7) is 0. The largest absolute Gasteiger partial charge is 0.208 e. The fourth-order valence-corrected chi connectivity index (χ4v) is 20.4. The molecule has 28 aromatic rings. The molecule has 25 aromatic carbocycles. The van der Waals surface area contributed by atoms with Crippen molar-refractivity contribution in [3.05, 3.63) is 504 Å². The summed E-state index contributed by atoms with van der Waals surface area (Å²) in [6.07, 6.45) is 0. The summed E-state index contributed by atoms with van der Waals surface area (Å²) in [4.78, 5) is 44.9. The molecule has 0 saturated heterocycles. The number of fused-ring (bicyclic) bond motifs is 19. The van der Waals surface area contributed by atoms with E-state index < -0.39 is 0 Å². The predicted octanol–water partition coefficient (Wildman–Crippen LogP) is 34.6. The summed E-state index contributed by atoms with van der Waals surface area (Å²) in [5.74, 6) is 5.91. The molecule has 0 aliphatic rings. The molecule has 0 radical (unpaired) electrons. The van der Waals surface area contributed by atoms with E-state index in [9.17, 15) is 0 Å². The van der Waals surface area contributed by atoms with Gasteiger partial charge in [0.2, 0.25) is 0 Å². The Bertz CT molecular complexity index is 9710. The first kappa shape index (κ1) is 83.5. The van der Waals surface area contributed by atoms with Gasteiger partial charge in [0.1, 0.15) is 0 Å². The standard InChI is InChI=1S/C47H29N3.2C43H27N3/c1-3-10-35-28-39(19-15-30(35)7-1)46-48-45(49-47(50-46)40-20-16-31-8-2-4-11-36(31)29-40)34-17-13-32(14-18-34)37-22-24-42-38(27-37)23-26-43-41-12-6-5-9-33(41)21-25-44(42)43;1-3-12-29(13-4-1)41-44-42(30-14-5-2-6-15-30)46-43(45-41)40-26-25-35(36-17-9-10-18-37(36)40)31-20-22-34-32(27-31)21-24-38-33-16-8-7-11-28(33)19-23-39(34)38;1-2-10-31(11-3-1)41-44-42(46-43(45-41)36-19-16-28-8-4-5-12-33(28)27-36)32-17-14-29(15-18-32)34-21-23-38-35(26-34)22-25-39-37-13-7-6-9-30(37)20-24-40(38)39/h1-29H;2*1-27H. The van der Waals surface area contributed by atoms with Crippen molar-refractivity contribution in [1.82, 2.24) is 44.9 Å². The molecule has 9 heteroatoms. The smallest absolute Gasteiger partial charge is 0.164 e. The van der Waals surface area contributed by atoms with Crippen molar-refractivity contribution in [3.8, 4) is 136 Å². The van der Waals surface area contributed by atoms with Gasteiger partial charge in [-0.05, 0) is 216 Å². The van der Waals surface area contributed by atoms with Crippen LogP contribution in [0, 0.1) is 0 Å². The highest BCUT2D eigenvalue weighted by atomic mass is 15.1. The van der Waals surface area contributed by atoms with E-state index in [1.165, 1.54) is 135 Å². The molecule has 0 spiro atoms. The lowest BCUT2D eigenvalue weighted by atomic mass is 9.92.